The van der Waals surface area contributed by atoms with Gasteiger partial charge in [0.1, 0.15) is 26.2 Å². The Morgan fingerprint density at radius 1 is 0.357 bits per heavy atom. The van der Waals surface area contributed by atoms with Crippen LogP contribution >= 0.6 is 0 Å². The van der Waals surface area contributed by atoms with E-state index in [1.807, 2.05) is 6.92 Å². The zero-order valence-corrected chi connectivity index (χ0v) is 45.1. The van der Waals surface area contributed by atoms with E-state index in [-0.39, 0.29) is 52.5 Å². The third kappa shape index (κ3) is 37.1. The van der Waals surface area contributed by atoms with Crippen molar-refractivity contribution in [3.63, 3.8) is 0 Å². The third-order valence-electron chi connectivity index (χ3n) is 12.7. The highest BCUT2D eigenvalue weighted by atomic mass is 16.5. The predicted octanol–water partition coefficient (Wildman–Crippen LogP) is 8.19. The normalized spacial score (nSPS) is 11.1. The van der Waals surface area contributed by atoms with Crippen molar-refractivity contribution >= 4 is 41.5 Å². The summed E-state index contributed by atoms with van der Waals surface area (Å²) < 4.78 is 11.1. The lowest BCUT2D eigenvalue weighted by molar-refractivity contribution is -0.154. The molecule has 0 aromatic carbocycles. The fraction of sp³-hybridized carbons (Fsp3) is 0.870. The van der Waals surface area contributed by atoms with E-state index >= 15 is 0 Å². The summed E-state index contributed by atoms with van der Waals surface area (Å²) in [6.07, 6.45) is 28.1. The van der Waals surface area contributed by atoms with E-state index < -0.39 is 74.2 Å². The van der Waals surface area contributed by atoms with Gasteiger partial charge in [-0.15, -0.1) is 0 Å². The number of ether oxygens (including phenoxy) is 2. The van der Waals surface area contributed by atoms with Gasteiger partial charge in [0.05, 0.1) is 39.5 Å². The van der Waals surface area contributed by atoms with Gasteiger partial charge in [-0.3, -0.25) is 38.5 Å². The van der Waals surface area contributed by atoms with Crippen LogP contribution in [0.15, 0.2) is 0 Å². The molecule has 0 saturated heterocycles. The number of nitrogens with zero attached hydrogens (tertiary/aromatic N) is 5. The first-order valence-corrected chi connectivity index (χ1v) is 27.9. The molecular formula is C54H102N6O10. The maximum atomic E-state index is 14.5. The Morgan fingerprint density at radius 3 is 1.00 bits per heavy atom. The molecule has 0 aromatic rings. The standard InChI is InChI=1S/C54H102N6O10/c1-6-11-15-19-23-25-27-31-35-57(41-48(55)62)50(64)44-60(47-54(68)70-40-34-30-22-18-14-9-4)52(66)43-58(36-32-28-26-24-20-16-12-7-2)51(65)45-59(49(63)42-56(10-5)37-38-61)46-53(67)69-39-33-29-21-17-13-8-3/h61H,6-47H2,1-5H3,(H2,55,62). The molecule has 0 spiro atoms. The molecule has 0 saturated carbocycles. The number of aliphatic hydroxyl groups excluding tert-OH is 1. The molecule has 0 unspecified atom stereocenters. The van der Waals surface area contributed by atoms with Crippen molar-refractivity contribution < 1.29 is 48.1 Å². The fourth-order valence-electron chi connectivity index (χ4n) is 8.22. The molecule has 0 atom stereocenters. The van der Waals surface area contributed by atoms with Crippen LogP contribution in [0.1, 0.15) is 214 Å². The molecule has 408 valence electrons. The molecule has 0 aliphatic heterocycles. The second kappa shape index (κ2) is 46.3. The van der Waals surface area contributed by atoms with Crippen LogP contribution in [-0.4, -0.2) is 163 Å². The lowest BCUT2D eigenvalue weighted by Crippen LogP contribution is -2.52. The fourth-order valence-corrected chi connectivity index (χ4v) is 8.22. The zero-order chi connectivity index (χ0) is 52.0. The Morgan fingerprint density at radius 2 is 0.657 bits per heavy atom. The van der Waals surface area contributed by atoms with Crippen LogP contribution in [0.2, 0.25) is 0 Å². The SMILES string of the molecule is CCCCCCCCCCN(CC(N)=O)C(=O)CN(CC(=O)OCCCCCCCC)C(=O)CN(CCCCCCCCCC)C(=O)CN(CC(=O)OCCCCCCCC)C(=O)CN(CC)CCO. The van der Waals surface area contributed by atoms with Crippen molar-refractivity contribution in [3.05, 3.63) is 0 Å². The molecule has 3 N–H and O–H groups in total. The number of hydrogen-bond acceptors (Lipinski definition) is 11. The topological polar surface area (TPSA) is 200 Å². The number of rotatable bonds is 49. The van der Waals surface area contributed by atoms with Crippen LogP contribution < -0.4 is 5.73 Å². The van der Waals surface area contributed by atoms with Crippen LogP contribution in [0.5, 0.6) is 0 Å². The molecule has 0 bridgehead atoms. The molecule has 16 nitrogen and oxygen atoms in total. The van der Waals surface area contributed by atoms with Crippen molar-refractivity contribution in [3.8, 4) is 0 Å². The first-order valence-electron chi connectivity index (χ1n) is 27.9. The van der Waals surface area contributed by atoms with Gasteiger partial charge in [-0.1, -0.05) is 189 Å². The van der Waals surface area contributed by atoms with Crippen molar-refractivity contribution in [2.45, 2.75) is 214 Å². The summed E-state index contributed by atoms with van der Waals surface area (Å²) in [5, 5.41) is 9.62. The van der Waals surface area contributed by atoms with E-state index in [1.165, 1.54) is 29.1 Å². The van der Waals surface area contributed by atoms with Gasteiger partial charge < -0.3 is 39.9 Å². The number of likely N-dealkylation sites (N-methyl/N-ethyl adjacent to an activating group) is 1. The van der Waals surface area contributed by atoms with E-state index in [2.05, 4.69) is 27.7 Å². The number of esters is 2. The molecular weight excluding hydrogens is 893 g/mol. The van der Waals surface area contributed by atoms with Gasteiger partial charge in [0, 0.05) is 19.6 Å². The zero-order valence-electron chi connectivity index (χ0n) is 45.1. The largest absolute Gasteiger partial charge is 0.464 e. The average Bonchev–Trinajstić information content (AvgIpc) is 3.33. The first kappa shape index (κ1) is 66.2. The minimum atomic E-state index is -0.699. The van der Waals surface area contributed by atoms with Crippen LogP contribution in [0, 0.1) is 0 Å². The second-order valence-electron chi connectivity index (χ2n) is 19.1. The molecule has 0 radical (unpaired) electrons. The number of nitrogens with two attached hydrogens (primary N) is 1. The molecule has 0 aliphatic rings. The minimum absolute atomic E-state index is 0.149. The average molecular weight is 995 g/mol. The van der Waals surface area contributed by atoms with Gasteiger partial charge in [0.15, 0.2) is 0 Å². The lowest BCUT2D eigenvalue weighted by Gasteiger charge is -2.31. The monoisotopic (exact) mass is 995 g/mol. The van der Waals surface area contributed by atoms with Gasteiger partial charge in [0.2, 0.25) is 29.5 Å². The Kier molecular flexibility index (Phi) is 43.8. The predicted molar refractivity (Wildman–Crippen MR) is 279 cm³/mol. The highest BCUT2D eigenvalue weighted by molar-refractivity contribution is 5.93. The Balaban J connectivity index is 6.55. The number of amides is 5. The van der Waals surface area contributed by atoms with Gasteiger partial charge >= 0.3 is 11.9 Å². The summed E-state index contributed by atoms with van der Waals surface area (Å²) in [4.78, 5) is 102. The molecule has 0 aromatic heterocycles. The first-order chi connectivity index (χ1) is 33.9. The van der Waals surface area contributed by atoms with Gasteiger partial charge in [-0.25, -0.2) is 0 Å². The van der Waals surface area contributed by atoms with E-state index in [0.717, 1.165) is 145 Å². The van der Waals surface area contributed by atoms with Gasteiger partial charge in [-0.05, 0) is 32.2 Å². The summed E-state index contributed by atoms with van der Waals surface area (Å²) >= 11 is 0. The van der Waals surface area contributed by atoms with Crippen LogP contribution in [0.4, 0.5) is 0 Å². The third-order valence-corrected chi connectivity index (χ3v) is 12.7. The molecule has 70 heavy (non-hydrogen) atoms. The highest BCUT2D eigenvalue weighted by Gasteiger charge is 2.30. The van der Waals surface area contributed by atoms with Crippen molar-refractivity contribution in [1.29, 1.82) is 0 Å². The van der Waals surface area contributed by atoms with Crippen LogP contribution in [0.3, 0.4) is 0 Å². The van der Waals surface area contributed by atoms with Gasteiger partial charge in [0.25, 0.3) is 0 Å². The van der Waals surface area contributed by atoms with Gasteiger partial charge in [-0.2, -0.15) is 0 Å². The molecule has 0 fully saturated rings. The summed E-state index contributed by atoms with van der Waals surface area (Å²) in [5.41, 5.74) is 5.59. The number of carbonyl (C=O) groups excluding carboxylic acids is 7. The summed E-state index contributed by atoms with van der Waals surface area (Å²) in [5.74, 6) is -4.37. The molecule has 0 rings (SSSR count). The number of carbonyl (C=O) groups is 7. The summed E-state index contributed by atoms with van der Waals surface area (Å²) in [6, 6.07) is 0. The highest BCUT2D eigenvalue weighted by Crippen LogP contribution is 2.13. The van der Waals surface area contributed by atoms with Crippen LogP contribution in [-0.2, 0) is 43.0 Å². The van der Waals surface area contributed by atoms with Crippen molar-refractivity contribution in [2.24, 2.45) is 5.73 Å². The second-order valence-corrected chi connectivity index (χ2v) is 19.1. The number of unbranched alkanes of at least 4 members (excludes halogenated alkanes) is 24. The Labute approximate surface area is 424 Å². The maximum absolute atomic E-state index is 14.5. The summed E-state index contributed by atoms with van der Waals surface area (Å²) in [7, 11) is 0. The summed E-state index contributed by atoms with van der Waals surface area (Å²) in [6.45, 7) is 8.65. The lowest BCUT2D eigenvalue weighted by atomic mass is 10.1. The van der Waals surface area contributed by atoms with Crippen molar-refractivity contribution in [1.82, 2.24) is 24.5 Å². The molecule has 0 heterocycles. The van der Waals surface area contributed by atoms with E-state index in [4.69, 9.17) is 15.2 Å². The van der Waals surface area contributed by atoms with E-state index in [9.17, 15) is 38.7 Å². The van der Waals surface area contributed by atoms with Crippen molar-refractivity contribution in [2.75, 3.05) is 91.8 Å². The Hall–Kier alpha value is -3.79. The number of hydrogen-bond donors (Lipinski definition) is 2. The van der Waals surface area contributed by atoms with E-state index in [1.54, 1.807) is 4.90 Å². The molecule has 0 aliphatic carbocycles. The maximum Gasteiger partial charge on any atom is 0.325 e. The number of primary amides is 1. The molecule has 16 heteroatoms. The van der Waals surface area contributed by atoms with Crippen LogP contribution in [0.25, 0.3) is 0 Å². The quantitative estimate of drug-likeness (QED) is 0.0440. The molecule has 5 amide bonds. The minimum Gasteiger partial charge on any atom is -0.464 e. The Bertz CT molecular complexity index is 1390. The number of aliphatic hydroxyl groups is 1. The van der Waals surface area contributed by atoms with E-state index in [0.29, 0.717) is 32.2 Å². The smallest absolute Gasteiger partial charge is 0.325 e.